The molecule has 0 aromatic carbocycles. The van der Waals surface area contributed by atoms with Gasteiger partial charge in [0.15, 0.2) is 0 Å². The Morgan fingerprint density at radius 2 is 2.08 bits per heavy atom. The van der Waals surface area contributed by atoms with Crippen LogP contribution < -0.4 is 0 Å². The molecule has 0 spiro atoms. The highest BCUT2D eigenvalue weighted by Gasteiger charge is 2.21. The molecule has 0 amide bonds. The first kappa shape index (κ1) is 11.9. The molecule has 0 fully saturated rings. The van der Waals surface area contributed by atoms with Crippen LogP contribution >= 0.6 is 0 Å². The zero-order valence-electron chi connectivity index (χ0n) is 8.19. The molecule has 2 atom stereocenters. The number of hydrogen-bond acceptors (Lipinski definition) is 3. The molecule has 74 valence electrons. The van der Waals surface area contributed by atoms with E-state index >= 15 is 0 Å². The minimum atomic E-state index is -0.402. The maximum atomic E-state index is 10.3. The minimum Gasteiger partial charge on any atom is -0.356 e. The van der Waals surface area contributed by atoms with Gasteiger partial charge in [-0.15, -0.1) is 6.42 Å². The first-order valence-electron chi connectivity index (χ1n) is 4.20. The second-order valence-corrected chi connectivity index (χ2v) is 3.24. The van der Waals surface area contributed by atoms with Crippen LogP contribution in [0.25, 0.3) is 0 Å². The van der Waals surface area contributed by atoms with Gasteiger partial charge < -0.3 is 4.74 Å². The first-order valence-corrected chi connectivity index (χ1v) is 4.20. The third-order valence-corrected chi connectivity index (χ3v) is 1.69. The summed E-state index contributed by atoms with van der Waals surface area (Å²) in [6, 6.07) is 0. The highest BCUT2D eigenvalue weighted by Crippen LogP contribution is 2.09. The Balaban J connectivity index is 4.11. The number of nitro groups is 1. The Kier molecular flexibility index (Phi) is 5.09. The Hall–Kier alpha value is -1.08. The van der Waals surface area contributed by atoms with Crippen LogP contribution in [0, 0.1) is 28.4 Å². The Bertz CT molecular complexity index is 207. The molecule has 0 radical (unpaired) electrons. The number of ether oxygens (including phenoxy) is 1. The molecule has 0 bridgehead atoms. The predicted molar refractivity (Wildman–Crippen MR) is 49.9 cm³/mol. The van der Waals surface area contributed by atoms with Crippen molar-refractivity contribution in [1.29, 1.82) is 0 Å². The summed E-state index contributed by atoms with van der Waals surface area (Å²) in [5.74, 6) is 2.48. The number of hydrogen-bond donors (Lipinski definition) is 0. The van der Waals surface area contributed by atoms with Gasteiger partial charge in [0.1, 0.15) is 12.2 Å². The fourth-order valence-electron chi connectivity index (χ4n) is 0.859. The van der Waals surface area contributed by atoms with E-state index in [0.717, 1.165) is 0 Å². The Morgan fingerprint density at radius 1 is 1.54 bits per heavy atom. The molecule has 0 aromatic heterocycles. The van der Waals surface area contributed by atoms with Crippen molar-refractivity contribution in [2.45, 2.75) is 33.0 Å². The van der Waals surface area contributed by atoms with E-state index in [-0.39, 0.29) is 23.5 Å². The van der Waals surface area contributed by atoms with Crippen molar-refractivity contribution >= 4 is 0 Å². The van der Waals surface area contributed by atoms with Gasteiger partial charge in [-0.3, -0.25) is 10.1 Å². The van der Waals surface area contributed by atoms with Gasteiger partial charge in [0.05, 0.1) is 0 Å². The molecule has 0 aliphatic carbocycles. The number of nitrogens with zero attached hydrogens (tertiary/aromatic N) is 1. The SMILES string of the molecule is C#CC(C)OC(C[N+](=O)[O-])C(C)C. The first-order chi connectivity index (χ1) is 5.97. The van der Waals surface area contributed by atoms with Crippen molar-refractivity contribution in [3.63, 3.8) is 0 Å². The van der Waals surface area contributed by atoms with Gasteiger partial charge in [-0.2, -0.15) is 0 Å². The quantitative estimate of drug-likeness (QED) is 0.369. The molecule has 0 aliphatic rings. The van der Waals surface area contributed by atoms with E-state index in [0.29, 0.717) is 0 Å². The Labute approximate surface area is 78.4 Å². The molecule has 0 N–H and O–H groups in total. The topological polar surface area (TPSA) is 52.4 Å². The van der Waals surface area contributed by atoms with Crippen molar-refractivity contribution in [3.05, 3.63) is 10.1 Å². The third kappa shape index (κ3) is 5.21. The summed E-state index contributed by atoms with van der Waals surface area (Å²) in [6.07, 6.45) is 4.34. The van der Waals surface area contributed by atoms with Gasteiger partial charge >= 0.3 is 0 Å². The molecule has 0 aromatic rings. The van der Waals surface area contributed by atoms with Crippen molar-refractivity contribution in [2.24, 2.45) is 5.92 Å². The molecular formula is C9H15NO3. The lowest BCUT2D eigenvalue weighted by Crippen LogP contribution is -2.31. The molecule has 0 aliphatic heterocycles. The van der Waals surface area contributed by atoms with Gasteiger partial charge in [0.2, 0.25) is 6.54 Å². The van der Waals surface area contributed by atoms with Gasteiger partial charge in [-0.05, 0) is 12.8 Å². The summed E-state index contributed by atoms with van der Waals surface area (Å²) in [4.78, 5) is 9.88. The van der Waals surface area contributed by atoms with Crippen LogP contribution in [0.3, 0.4) is 0 Å². The summed E-state index contributed by atoms with van der Waals surface area (Å²) >= 11 is 0. The lowest BCUT2D eigenvalue weighted by Gasteiger charge is -2.19. The summed E-state index contributed by atoms with van der Waals surface area (Å²) < 4.78 is 5.29. The highest BCUT2D eigenvalue weighted by molar-refractivity contribution is 4.92. The van der Waals surface area contributed by atoms with Crippen molar-refractivity contribution in [1.82, 2.24) is 0 Å². The molecule has 4 nitrogen and oxygen atoms in total. The average molecular weight is 185 g/mol. The summed E-state index contributed by atoms with van der Waals surface area (Å²) in [7, 11) is 0. The standard InChI is InChI=1S/C9H15NO3/c1-5-8(4)13-9(7(2)3)6-10(11)12/h1,7-9H,6H2,2-4H3. The molecule has 4 heteroatoms. The average Bonchev–Trinajstić information content (AvgIpc) is 2.02. The van der Waals surface area contributed by atoms with E-state index in [9.17, 15) is 10.1 Å². The Morgan fingerprint density at radius 3 is 2.38 bits per heavy atom. The fraction of sp³-hybridized carbons (Fsp3) is 0.778. The zero-order chi connectivity index (χ0) is 10.4. The highest BCUT2D eigenvalue weighted by atomic mass is 16.6. The third-order valence-electron chi connectivity index (χ3n) is 1.69. The van der Waals surface area contributed by atoms with Gasteiger partial charge in [0.25, 0.3) is 0 Å². The van der Waals surface area contributed by atoms with E-state index in [1.165, 1.54) is 0 Å². The maximum Gasteiger partial charge on any atom is 0.230 e. The van der Waals surface area contributed by atoms with Crippen LogP contribution in [0.15, 0.2) is 0 Å². The molecule has 13 heavy (non-hydrogen) atoms. The second kappa shape index (κ2) is 5.55. The van der Waals surface area contributed by atoms with Gasteiger partial charge in [-0.1, -0.05) is 19.8 Å². The maximum absolute atomic E-state index is 10.3. The predicted octanol–water partition coefficient (Wildman–Crippen LogP) is 1.33. The van der Waals surface area contributed by atoms with E-state index in [4.69, 9.17) is 11.2 Å². The monoisotopic (exact) mass is 185 g/mol. The lowest BCUT2D eigenvalue weighted by atomic mass is 10.1. The van der Waals surface area contributed by atoms with Crippen molar-refractivity contribution in [3.8, 4) is 12.3 Å². The summed E-state index contributed by atoms with van der Waals surface area (Å²) in [5.41, 5.74) is 0. The van der Waals surface area contributed by atoms with Crippen LogP contribution in [-0.4, -0.2) is 23.7 Å². The summed E-state index contributed by atoms with van der Waals surface area (Å²) in [6.45, 7) is 5.26. The van der Waals surface area contributed by atoms with Crippen LogP contribution in [0.2, 0.25) is 0 Å². The number of rotatable bonds is 5. The molecule has 0 saturated heterocycles. The fourth-order valence-corrected chi connectivity index (χ4v) is 0.859. The van der Waals surface area contributed by atoms with E-state index in [2.05, 4.69) is 5.92 Å². The van der Waals surface area contributed by atoms with Crippen LogP contribution in [0.1, 0.15) is 20.8 Å². The smallest absolute Gasteiger partial charge is 0.230 e. The second-order valence-electron chi connectivity index (χ2n) is 3.24. The molecule has 0 saturated carbocycles. The van der Waals surface area contributed by atoms with E-state index in [1.807, 2.05) is 13.8 Å². The summed E-state index contributed by atoms with van der Waals surface area (Å²) in [5, 5.41) is 10.3. The van der Waals surface area contributed by atoms with Crippen LogP contribution in [0.5, 0.6) is 0 Å². The molecule has 2 unspecified atom stereocenters. The normalized spacial score (nSPS) is 15.0. The van der Waals surface area contributed by atoms with Gasteiger partial charge in [0, 0.05) is 4.92 Å². The zero-order valence-corrected chi connectivity index (χ0v) is 8.19. The van der Waals surface area contributed by atoms with Crippen molar-refractivity contribution < 1.29 is 9.66 Å². The van der Waals surface area contributed by atoms with Gasteiger partial charge in [-0.25, -0.2) is 0 Å². The molecule has 0 rings (SSSR count). The molecular weight excluding hydrogens is 170 g/mol. The minimum absolute atomic E-state index is 0.0983. The van der Waals surface area contributed by atoms with Crippen LogP contribution in [0.4, 0.5) is 0 Å². The molecule has 0 heterocycles. The van der Waals surface area contributed by atoms with E-state index in [1.54, 1.807) is 6.92 Å². The number of terminal acetylenes is 1. The lowest BCUT2D eigenvalue weighted by molar-refractivity contribution is -0.493. The van der Waals surface area contributed by atoms with Crippen molar-refractivity contribution in [2.75, 3.05) is 6.54 Å². The largest absolute Gasteiger partial charge is 0.356 e. The van der Waals surface area contributed by atoms with E-state index < -0.39 is 6.10 Å². The van der Waals surface area contributed by atoms with Crippen LogP contribution in [-0.2, 0) is 4.74 Å².